The Morgan fingerprint density at radius 3 is 2.24 bits per heavy atom. The molecular formula is C14H23NO2. The molecular weight excluding hydrogens is 214 g/mol. The lowest BCUT2D eigenvalue weighted by molar-refractivity contribution is 0.0110. The molecule has 0 fully saturated rings. The zero-order valence-corrected chi connectivity index (χ0v) is 11.2. The number of nitrogens with one attached hydrogen (secondary N) is 1. The van der Waals surface area contributed by atoms with E-state index in [-0.39, 0.29) is 5.60 Å². The maximum absolute atomic E-state index is 10.4. The van der Waals surface area contributed by atoms with Crippen molar-refractivity contribution >= 4 is 0 Å². The minimum Gasteiger partial charge on any atom is -0.384 e. The lowest BCUT2D eigenvalue weighted by atomic mass is 9.96. The number of hydrogen-bond acceptors (Lipinski definition) is 3. The molecule has 0 saturated carbocycles. The Balaban J connectivity index is 2.51. The summed E-state index contributed by atoms with van der Waals surface area (Å²) in [5.74, 6) is 0. The molecule has 1 aromatic carbocycles. The molecule has 0 radical (unpaired) electrons. The van der Waals surface area contributed by atoms with Crippen molar-refractivity contribution in [1.29, 1.82) is 0 Å². The van der Waals surface area contributed by atoms with Crippen LogP contribution in [-0.4, -0.2) is 30.9 Å². The summed E-state index contributed by atoms with van der Waals surface area (Å²) in [6.45, 7) is 7.04. The van der Waals surface area contributed by atoms with Crippen molar-refractivity contribution in [3.05, 3.63) is 35.9 Å². The maximum atomic E-state index is 10.4. The number of methoxy groups -OCH3 is 1. The first kappa shape index (κ1) is 14.2. The van der Waals surface area contributed by atoms with Gasteiger partial charge in [0.2, 0.25) is 0 Å². The van der Waals surface area contributed by atoms with Crippen LogP contribution in [0.15, 0.2) is 30.3 Å². The first-order valence-electron chi connectivity index (χ1n) is 5.91. The van der Waals surface area contributed by atoms with Gasteiger partial charge in [0.1, 0.15) is 0 Å². The molecule has 1 atom stereocenters. The Morgan fingerprint density at radius 2 is 1.71 bits per heavy atom. The summed E-state index contributed by atoms with van der Waals surface area (Å²) >= 11 is 0. The number of hydrogen-bond donors (Lipinski definition) is 2. The average Bonchev–Trinajstić information content (AvgIpc) is 2.30. The Bertz CT molecular complexity index is 333. The van der Waals surface area contributed by atoms with E-state index in [1.54, 1.807) is 7.11 Å². The Labute approximate surface area is 104 Å². The summed E-state index contributed by atoms with van der Waals surface area (Å²) in [5.41, 5.74) is -0.152. The van der Waals surface area contributed by atoms with E-state index in [1.165, 1.54) is 0 Å². The van der Waals surface area contributed by atoms with E-state index < -0.39 is 5.60 Å². The minimum absolute atomic E-state index is 0.216. The Kier molecular flexibility index (Phi) is 4.69. The molecule has 96 valence electrons. The average molecular weight is 237 g/mol. The van der Waals surface area contributed by atoms with Crippen molar-refractivity contribution in [2.45, 2.75) is 32.0 Å². The number of rotatable bonds is 6. The lowest BCUT2D eigenvalue weighted by Crippen LogP contribution is -2.43. The first-order chi connectivity index (χ1) is 7.87. The zero-order valence-electron chi connectivity index (χ0n) is 11.2. The molecule has 0 aromatic heterocycles. The predicted octanol–water partition coefficient (Wildman–Crippen LogP) is 1.91. The van der Waals surface area contributed by atoms with Crippen molar-refractivity contribution in [1.82, 2.24) is 5.32 Å². The van der Waals surface area contributed by atoms with Crippen LogP contribution in [0, 0.1) is 0 Å². The van der Waals surface area contributed by atoms with Crippen molar-refractivity contribution in [2.24, 2.45) is 0 Å². The summed E-state index contributed by atoms with van der Waals surface area (Å²) in [6.07, 6.45) is 0. The van der Waals surface area contributed by atoms with E-state index in [9.17, 15) is 5.11 Å². The van der Waals surface area contributed by atoms with Crippen LogP contribution >= 0.6 is 0 Å². The van der Waals surface area contributed by atoms with Gasteiger partial charge in [-0.1, -0.05) is 30.3 Å². The summed E-state index contributed by atoms with van der Waals surface area (Å²) in [5, 5.41) is 13.6. The van der Waals surface area contributed by atoms with Crippen LogP contribution in [0.4, 0.5) is 0 Å². The molecule has 1 unspecified atom stereocenters. The maximum Gasteiger partial charge on any atom is 0.0992 e. The fourth-order valence-electron chi connectivity index (χ4n) is 1.58. The van der Waals surface area contributed by atoms with Crippen LogP contribution in [0.1, 0.15) is 26.3 Å². The molecule has 0 spiro atoms. The third kappa shape index (κ3) is 4.46. The van der Waals surface area contributed by atoms with Gasteiger partial charge in [-0.3, -0.25) is 0 Å². The zero-order chi connectivity index (χ0) is 12.9. The van der Waals surface area contributed by atoms with Gasteiger partial charge < -0.3 is 15.2 Å². The van der Waals surface area contributed by atoms with Crippen molar-refractivity contribution < 1.29 is 9.84 Å². The quantitative estimate of drug-likeness (QED) is 0.794. The third-order valence-electron chi connectivity index (χ3n) is 2.97. The molecule has 0 saturated heterocycles. The molecule has 3 heteroatoms. The van der Waals surface area contributed by atoms with Crippen LogP contribution < -0.4 is 5.32 Å². The monoisotopic (exact) mass is 237 g/mol. The van der Waals surface area contributed by atoms with E-state index in [0.29, 0.717) is 13.1 Å². The topological polar surface area (TPSA) is 41.5 Å². The van der Waals surface area contributed by atoms with Crippen LogP contribution in [0.2, 0.25) is 0 Å². The van der Waals surface area contributed by atoms with Gasteiger partial charge in [0.05, 0.1) is 11.2 Å². The summed E-state index contributed by atoms with van der Waals surface area (Å²) in [7, 11) is 1.69. The van der Waals surface area contributed by atoms with Gasteiger partial charge in [-0.05, 0) is 26.3 Å². The smallest absolute Gasteiger partial charge is 0.0992 e. The van der Waals surface area contributed by atoms with E-state index in [0.717, 1.165) is 5.56 Å². The lowest BCUT2D eigenvalue weighted by Gasteiger charge is -2.28. The molecule has 0 aliphatic rings. The molecule has 0 heterocycles. The van der Waals surface area contributed by atoms with E-state index in [2.05, 4.69) is 5.32 Å². The van der Waals surface area contributed by atoms with Gasteiger partial charge >= 0.3 is 0 Å². The highest BCUT2D eigenvalue weighted by molar-refractivity contribution is 5.21. The van der Waals surface area contributed by atoms with Gasteiger partial charge in [0, 0.05) is 20.2 Å². The number of ether oxygens (including phenoxy) is 1. The third-order valence-corrected chi connectivity index (χ3v) is 2.97. The van der Waals surface area contributed by atoms with Crippen molar-refractivity contribution in [3.63, 3.8) is 0 Å². The molecule has 17 heavy (non-hydrogen) atoms. The van der Waals surface area contributed by atoms with Crippen LogP contribution in [0.5, 0.6) is 0 Å². The van der Waals surface area contributed by atoms with E-state index >= 15 is 0 Å². The molecule has 0 aliphatic carbocycles. The molecule has 1 rings (SSSR count). The van der Waals surface area contributed by atoms with Crippen LogP contribution in [-0.2, 0) is 10.3 Å². The van der Waals surface area contributed by atoms with Gasteiger partial charge in [0.15, 0.2) is 0 Å². The predicted molar refractivity (Wildman–Crippen MR) is 70.0 cm³/mol. The fraction of sp³-hybridized carbons (Fsp3) is 0.571. The summed E-state index contributed by atoms with van der Waals surface area (Å²) in [4.78, 5) is 0. The molecule has 3 nitrogen and oxygen atoms in total. The first-order valence-corrected chi connectivity index (χ1v) is 5.91. The second kappa shape index (κ2) is 5.63. The standard InChI is InChI=1S/C14H23NO2/c1-13(2,17-4)10-15-11-14(3,16)12-8-6-5-7-9-12/h5-9,15-16H,10-11H2,1-4H3. The van der Waals surface area contributed by atoms with Crippen molar-refractivity contribution in [3.8, 4) is 0 Å². The molecule has 2 N–H and O–H groups in total. The number of aliphatic hydroxyl groups is 1. The normalized spacial score (nSPS) is 15.6. The SMILES string of the molecule is COC(C)(C)CNCC(C)(O)c1ccccc1. The van der Waals surface area contributed by atoms with E-state index in [1.807, 2.05) is 51.1 Å². The molecule has 0 amide bonds. The van der Waals surface area contributed by atoms with Gasteiger partial charge in [-0.2, -0.15) is 0 Å². The van der Waals surface area contributed by atoms with Gasteiger partial charge in [0.25, 0.3) is 0 Å². The van der Waals surface area contributed by atoms with Crippen LogP contribution in [0.25, 0.3) is 0 Å². The summed E-state index contributed by atoms with van der Waals surface area (Å²) < 4.78 is 5.31. The number of benzene rings is 1. The van der Waals surface area contributed by atoms with Crippen molar-refractivity contribution in [2.75, 3.05) is 20.2 Å². The van der Waals surface area contributed by atoms with Gasteiger partial charge in [-0.25, -0.2) is 0 Å². The van der Waals surface area contributed by atoms with Gasteiger partial charge in [-0.15, -0.1) is 0 Å². The highest BCUT2D eigenvalue weighted by atomic mass is 16.5. The van der Waals surface area contributed by atoms with Crippen LogP contribution in [0.3, 0.4) is 0 Å². The Hall–Kier alpha value is -0.900. The van der Waals surface area contributed by atoms with E-state index in [4.69, 9.17) is 4.74 Å². The highest BCUT2D eigenvalue weighted by Crippen LogP contribution is 2.19. The molecule has 1 aromatic rings. The molecule has 0 bridgehead atoms. The highest BCUT2D eigenvalue weighted by Gasteiger charge is 2.24. The minimum atomic E-state index is -0.856. The second-order valence-corrected chi connectivity index (χ2v) is 5.21. The largest absolute Gasteiger partial charge is 0.384 e. The Morgan fingerprint density at radius 1 is 1.12 bits per heavy atom. The fourth-order valence-corrected chi connectivity index (χ4v) is 1.58. The summed E-state index contributed by atoms with van der Waals surface area (Å²) in [6, 6.07) is 9.68. The second-order valence-electron chi connectivity index (χ2n) is 5.21. The molecule has 0 aliphatic heterocycles.